The Morgan fingerprint density at radius 1 is 1.17 bits per heavy atom. The van der Waals surface area contributed by atoms with Crippen molar-refractivity contribution in [1.82, 2.24) is 4.90 Å². The standard InChI is InChI=1S/C19H22N2O3/c1-21(12-14-7-9-17-18(11-14)24-13-23-17)19(22)10-8-16(20)15-5-3-2-4-6-15/h2-7,9,11,16H,8,10,12-13,20H2,1H3. The van der Waals surface area contributed by atoms with Crippen LogP contribution in [-0.4, -0.2) is 24.6 Å². The molecule has 0 aromatic heterocycles. The monoisotopic (exact) mass is 326 g/mol. The maximum Gasteiger partial charge on any atom is 0.231 e. The van der Waals surface area contributed by atoms with Crippen molar-refractivity contribution in [3.05, 3.63) is 59.7 Å². The van der Waals surface area contributed by atoms with Crippen LogP contribution in [0.15, 0.2) is 48.5 Å². The van der Waals surface area contributed by atoms with Crippen molar-refractivity contribution in [2.45, 2.75) is 25.4 Å². The topological polar surface area (TPSA) is 64.8 Å². The molecule has 1 unspecified atom stereocenters. The smallest absolute Gasteiger partial charge is 0.231 e. The van der Waals surface area contributed by atoms with Gasteiger partial charge in [-0.3, -0.25) is 4.79 Å². The predicted molar refractivity (Wildman–Crippen MR) is 91.6 cm³/mol. The summed E-state index contributed by atoms with van der Waals surface area (Å²) in [5.74, 6) is 1.57. The van der Waals surface area contributed by atoms with E-state index in [1.165, 1.54) is 0 Å². The van der Waals surface area contributed by atoms with E-state index in [0.29, 0.717) is 19.4 Å². The van der Waals surface area contributed by atoms with Crippen LogP contribution >= 0.6 is 0 Å². The molecule has 5 nitrogen and oxygen atoms in total. The summed E-state index contributed by atoms with van der Waals surface area (Å²) in [6.07, 6.45) is 1.06. The molecule has 1 atom stereocenters. The first-order valence-electron chi connectivity index (χ1n) is 8.06. The zero-order chi connectivity index (χ0) is 16.9. The third kappa shape index (κ3) is 3.86. The van der Waals surface area contributed by atoms with E-state index in [1.807, 2.05) is 48.5 Å². The molecule has 0 saturated heterocycles. The minimum Gasteiger partial charge on any atom is -0.454 e. The minimum atomic E-state index is -0.117. The van der Waals surface area contributed by atoms with Crippen molar-refractivity contribution in [3.8, 4) is 11.5 Å². The van der Waals surface area contributed by atoms with Crippen molar-refractivity contribution < 1.29 is 14.3 Å². The zero-order valence-corrected chi connectivity index (χ0v) is 13.8. The summed E-state index contributed by atoms with van der Waals surface area (Å²) < 4.78 is 10.7. The van der Waals surface area contributed by atoms with Crippen LogP contribution in [0.25, 0.3) is 0 Å². The number of hydrogen-bond donors (Lipinski definition) is 1. The number of carbonyl (C=O) groups is 1. The van der Waals surface area contributed by atoms with E-state index in [0.717, 1.165) is 22.6 Å². The van der Waals surface area contributed by atoms with E-state index in [9.17, 15) is 4.79 Å². The quantitative estimate of drug-likeness (QED) is 0.886. The second kappa shape index (κ2) is 7.36. The molecule has 5 heteroatoms. The van der Waals surface area contributed by atoms with Crippen LogP contribution in [0.5, 0.6) is 11.5 Å². The van der Waals surface area contributed by atoms with Crippen molar-refractivity contribution in [2.75, 3.05) is 13.8 Å². The van der Waals surface area contributed by atoms with Crippen LogP contribution in [0.4, 0.5) is 0 Å². The molecular formula is C19H22N2O3. The molecule has 0 bridgehead atoms. The van der Waals surface area contributed by atoms with Gasteiger partial charge >= 0.3 is 0 Å². The largest absolute Gasteiger partial charge is 0.454 e. The van der Waals surface area contributed by atoms with Crippen LogP contribution in [0, 0.1) is 0 Å². The first-order valence-corrected chi connectivity index (χ1v) is 8.06. The number of hydrogen-bond acceptors (Lipinski definition) is 4. The molecule has 1 aliphatic heterocycles. The van der Waals surface area contributed by atoms with Crippen LogP contribution in [-0.2, 0) is 11.3 Å². The van der Waals surface area contributed by atoms with Gasteiger partial charge in [-0.1, -0.05) is 36.4 Å². The van der Waals surface area contributed by atoms with Gasteiger partial charge in [0, 0.05) is 26.1 Å². The Kier molecular flexibility index (Phi) is 5.01. The number of rotatable bonds is 6. The van der Waals surface area contributed by atoms with Crippen molar-refractivity contribution in [3.63, 3.8) is 0 Å². The zero-order valence-electron chi connectivity index (χ0n) is 13.8. The molecule has 1 amide bonds. The van der Waals surface area contributed by atoms with Crippen molar-refractivity contribution in [1.29, 1.82) is 0 Å². The lowest BCUT2D eigenvalue weighted by atomic mass is 10.0. The summed E-state index contributed by atoms with van der Waals surface area (Å²) in [7, 11) is 1.81. The normalized spacial score (nSPS) is 13.6. The lowest BCUT2D eigenvalue weighted by Crippen LogP contribution is -2.27. The van der Waals surface area contributed by atoms with E-state index >= 15 is 0 Å². The summed E-state index contributed by atoms with van der Waals surface area (Å²) in [5.41, 5.74) is 8.23. The Labute approximate surface area is 142 Å². The van der Waals surface area contributed by atoms with Crippen molar-refractivity contribution in [2.24, 2.45) is 5.73 Å². The number of carbonyl (C=O) groups excluding carboxylic acids is 1. The van der Waals surface area contributed by atoms with Crippen LogP contribution < -0.4 is 15.2 Å². The van der Waals surface area contributed by atoms with E-state index in [-0.39, 0.29) is 18.7 Å². The maximum absolute atomic E-state index is 12.3. The Morgan fingerprint density at radius 3 is 2.71 bits per heavy atom. The van der Waals surface area contributed by atoms with Crippen LogP contribution in [0.2, 0.25) is 0 Å². The van der Waals surface area contributed by atoms with Gasteiger partial charge in [0.05, 0.1) is 0 Å². The number of ether oxygens (including phenoxy) is 2. The maximum atomic E-state index is 12.3. The average Bonchev–Trinajstić information content (AvgIpc) is 3.07. The molecule has 0 aliphatic carbocycles. The third-order valence-electron chi connectivity index (χ3n) is 4.18. The fourth-order valence-corrected chi connectivity index (χ4v) is 2.74. The number of fused-ring (bicyclic) bond motifs is 1. The third-order valence-corrected chi connectivity index (χ3v) is 4.18. The van der Waals surface area contributed by atoms with Gasteiger partial charge in [-0.15, -0.1) is 0 Å². The van der Waals surface area contributed by atoms with E-state index in [2.05, 4.69) is 0 Å². The molecule has 24 heavy (non-hydrogen) atoms. The molecule has 2 aromatic carbocycles. The molecule has 0 fully saturated rings. The molecule has 3 rings (SSSR count). The van der Waals surface area contributed by atoms with Crippen LogP contribution in [0.1, 0.15) is 30.0 Å². The Hall–Kier alpha value is -2.53. The minimum absolute atomic E-state index is 0.0825. The highest BCUT2D eigenvalue weighted by molar-refractivity contribution is 5.76. The summed E-state index contributed by atoms with van der Waals surface area (Å²) in [6, 6.07) is 15.5. The fourth-order valence-electron chi connectivity index (χ4n) is 2.74. The number of benzene rings is 2. The highest BCUT2D eigenvalue weighted by atomic mass is 16.7. The molecule has 126 valence electrons. The van der Waals surface area contributed by atoms with Gasteiger partial charge < -0.3 is 20.1 Å². The number of amides is 1. The van der Waals surface area contributed by atoms with Gasteiger partial charge in [0.2, 0.25) is 12.7 Å². The highest BCUT2D eigenvalue weighted by Crippen LogP contribution is 2.32. The van der Waals surface area contributed by atoms with Crippen molar-refractivity contribution >= 4 is 5.91 Å². The molecule has 0 radical (unpaired) electrons. The van der Waals surface area contributed by atoms with Gasteiger partial charge in [0.1, 0.15) is 0 Å². The predicted octanol–water partition coefficient (Wildman–Crippen LogP) is 2.85. The second-order valence-electron chi connectivity index (χ2n) is 5.99. The molecule has 0 saturated carbocycles. The van der Waals surface area contributed by atoms with Gasteiger partial charge in [0.15, 0.2) is 11.5 Å². The molecule has 2 N–H and O–H groups in total. The Balaban J connectivity index is 1.51. The van der Waals surface area contributed by atoms with E-state index in [1.54, 1.807) is 11.9 Å². The van der Waals surface area contributed by atoms with Crippen LogP contribution in [0.3, 0.4) is 0 Å². The Bertz CT molecular complexity index is 703. The van der Waals surface area contributed by atoms with Gasteiger partial charge in [-0.05, 0) is 29.7 Å². The number of nitrogens with two attached hydrogens (primary N) is 1. The lowest BCUT2D eigenvalue weighted by Gasteiger charge is -2.19. The average molecular weight is 326 g/mol. The summed E-state index contributed by atoms with van der Waals surface area (Å²) in [6.45, 7) is 0.793. The molecule has 2 aromatic rings. The highest BCUT2D eigenvalue weighted by Gasteiger charge is 2.16. The number of nitrogens with zero attached hydrogens (tertiary/aromatic N) is 1. The fraction of sp³-hybridized carbons (Fsp3) is 0.316. The van der Waals surface area contributed by atoms with Gasteiger partial charge in [-0.2, -0.15) is 0 Å². The van der Waals surface area contributed by atoms with Gasteiger partial charge in [-0.25, -0.2) is 0 Å². The molecule has 1 heterocycles. The first-order chi connectivity index (χ1) is 11.6. The van der Waals surface area contributed by atoms with Gasteiger partial charge in [0.25, 0.3) is 0 Å². The molecular weight excluding hydrogens is 304 g/mol. The Morgan fingerprint density at radius 2 is 1.92 bits per heavy atom. The van der Waals surface area contributed by atoms with E-state index < -0.39 is 0 Å². The first kappa shape index (κ1) is 16.3. The second-order valence-corrected chi connectivity index (χ2v) is 5.99. The summed E-state index contributed by atoms with van der Waals surface area (Å²) in [5, 5.41) is 0. The summed E-state index contributed by atoms with van der Waals surface area (Å²) in [4.78, 5) is 14.0. The SMILES string of the molecule is CN(Cc1ccc2c(c1)OCO2)C(=O)CCC(N)c1ccccc1. The molecule has 1 aliphatic rings. The lowest BCUT2D eigenvalue weighted by molar-refractivity contribution is -0.130. The molecule has 0 spiro atoms. The summed E-state index contributed by atoms with van der Waals surface area (Å²) >= 11 is 0. The van der Waals surface area contributed by atoms with E-state index in [4.69, 9.17) is 15.2 Å².